The van der Waals surface area contributed by atoms with Crippen molar-refractivity contribution in [2.24, 2.45) is 0 Å². The SMILES string of the molecule is CC(NC(=O)c1cc(F)cc(F)c1)c1ccc(-n2ccnc2)cc1. The molecule has 1 aromatic heterocycles. The average molecular weight is 327 g/mol. The summed E-state index contributed by atoms with van der Waals surface area (Å²) in [6.45, 7) is 1.81. The van der Waals surface area contributed by atoms with Crippen LogP contribution in [0.2, 0.25) is 0 Å². The summed E-state index contributed by atoms with van der Waals surface area (Å²) in [5, 5.41) is 2.73. The highest BCUT2D eigenvalue weighted by atomic mass is 19.1. The Hall–Kier alpha value is -3.02. The lowest BCUT2D eigenvalue weighted by atomic mass is 10.1. The number of hydrogen-bond acceptors (Lipinski definition) is 2. The fourth-order valence-corrected chi connectivity index (χ4v) is 2.40. The van der Waals surface area contributed by atoms with Crippen LogP contribution in [0.3, 0.4) is 0 Å². The second-order valence-electron chi connectivity index (χ2n) is 5.41. The van der Waals surface area contributed by atoms with Gasteiger partial charge in [-0.2, -0.15) is 0 Å². The lowest BCUT2D eigenvalue weighted by molar-refractivity contribution is 0.0939. The van der Waals surface area contributed by atoms with Gasteiger partial charge in [0.1, 0.15) is 11.6 Å². The van der Waals surface area contributed by atoms with E-state index in [2.05, 4.69) is 10.3 Å². The Morgan fingerprint density at radius 3 is 2.38 bits per heavy atom. The van der Waals surface area contributed by atoms with Gasteiger partial charge >= 0.3 is 0 Å². The van der Waals surface area contributed by atoms with Crippen LogP contribution in [0.4, 0.5) is 8.78 Å². The Morgan fingerprint density at radius 1 is 1.12 bits per heavy atom. The van der Waals surface area contributed by atoms with Crippen molar-refractivity contribution in [3.8, 4) is 5.69 Å². The zero-order valence-electron chi connectivity index (χ0n) is 12.9. The molecule has 3 rings (SSSR count). The van der Waals surface area contributed by atoms with Gasteiger partial charge in [-0.3, -0.25) is 4.79 Å². The van der Waals surface area contributed by atoms with Crippen LogP contribution in [0.15, 0.2) is 61.2 Å². The molecule has 0 spiro atoms. The molecule has 0 aliphatic heterocycles. The van der Waals surface area contributed by atoms with E-state index in [4.69, 9.17) is 0 Å². The molecular weight excluding hydrogens is 312 g/mol. The van der Waals surface area contributed by atoms with Crippen molar-refractivity contribution in [1.82, 2.24) is 14.9 Å². The van der Waals surface area contributed by atoms with Crippen molar-refractivity contribution in [3.63, 3.8) is 0 Å². The normalized spacial score (nSPS) is 12.0. The number of amides is 1. The molecule has 1 amide bonds. The molecule has 1 unspecified atom stereocenters. The third-order valence-electron chi connectivity index (χ3n) is 3.67. The minimum absolute atomic E-state index is 0.0469. The zero-order chi connectivity index (χ0) is 17.1. The van der Waals surface area contributed by atoms with Gasteiger partial charge in [-0.05, 0) is 36.8 Å². The summed E-state index contributed by atoms with van der Waals surface area (Å²) in [6, 6.07) is 10.0. The predicted octanol–water partition coefficient (Wildman–Crippen LogP) is 3.64. The summed E-state index contributed by atoms with van der Waals surface area (Å²) >= 11 is 0. The predicted molar refractivity (Wildman–Crippen MR) is 85.8 cm³/mol. The number of carbonyl (C=O) groups excluding carboxylic acids is 1. The fraction of sp³-hybridized carbons (Fsp3) is 0.111. The molecule has 122 valence electrons. The quantitative estimate of drug-likeness (QED) is 0.795. The fourth-order valence-electron chi connectivity index (χ4n) is 2.40. The smallest absolute Gasteiger partial charge is 0.251 e. The minimum Gasteiger partial charge on any atom is -0.346 e. The Morgan fingerprint density at radius 2 is 1.79 bits per heavy atom. The van der Waals surface area contributed by atoms with Crippen LogP contribution in [-0.2, 0) is 0 Å². The maximum atomic E-state index is 13.2. The van der Waals surface area contributed by atoms with Crippen molar-refractivity contribution >= 4 is 5.91 Å². The molecule has 4 nitrogen and oxygen atoms in total. The Balaban J connectivity index is 1.72. The van der Waals surface area contributed by atoms with Crippen LogP contribution in [0.25, 0.3) is 5.69 Å². The molecule has 2 aromatic carbocycles. The maximum Gasteiger partial charge on any atom is 0.251 e. The Labute approximate surface area is 137 Å². The summed E-state index contributed by atoms with van der Waals surface area (Å²) in [5.74, 6) is -2.09. The lowest BCUT2D eigenvalue weighted by Crippen LogP contribution is -2.26. The van der Waals surface area contributed by atoms with E-state index in [9.17, 15) is 13.6 Å². The topological polar surface area (TPSA) is 46.9 Å². The van der Waals surface area contributed by atoms with Crippen molar-refractivity contribution in [3.05, 3.63) is 83.9 Å². The van der Waals surface area contributed by atoms with Crippen molar-refractivity contribution in [2.75, 3.05) is 0 Å². The van der Waals surface area contributed by atoms with Gasteiger partial charge in [0, 0.05) is 29.7 Å². The number of hydrogen-bond donors (Lipinski definition) is 1. The van der Waals surface area contributed by atoms with Crippen LogP contribution >= 0.6 is 0 Å². The molecule has 24 heavy (non-hydrogen) atoms. The lowest BCUT2D eigenvalue weighted by Gasteiger charge is -2.15. The molecular formula is C18H15F2N3O. The maximum absolute atomic E-state index is 13.2. The zero-order valence-corrected chi connectivity index (χ0v) is 12.9. The first kappa shape index (κ1) is 15.9. The van der Waals surface area contributed by atoms with Crippen LogP contribution < -0.4 is 5.32 Å². The highest BCUT2D eigenvalue weighted by molar-refractivity contribution is 5.94. The van der Waals surface area contributed by atoms with E-state index in [0.717, 1.165) is 29.4 Å². The third kappa shape index (κ3) is 3.48. The average Bonchev–Trinajstić information content (AvgIpc) is 3.08. The molecule has 0 aliphatic carbocycles. The summed E-state index contributed by atoms with van der Waals surface area (Å²) in [6.07, 6.45) is 5.21. The van der Waals surface area contributed by atoms with E-state index in [1.54, 1.807) is 19.4 Å². The molecule has 0 radical (unpaired) electrons. The number of nitrogens with zero attached hydrogens (tertiary/aromatic N) is 2. The molecule has 0 bridgehead atoms. The van der Waals surface area contributed by atoms with Crippen molar-refractivity contribution < 1.29 is 13.6 Å². The van der Waals surface area contributed by atoms with Gasteiger partial charge in [0.25, 0.3) is 5.91 Å². The third-order valence-corrected chi connectivity index (χ3v) is 3.67. The van der Waals surface area contributed by atoms with Gasteiger partial charge in [0.2, 0.25) is 0 Å². The first-order chi connectivity index (χ1) is 11.5. The Bertz CT molecular complexity index is 825. The molecule has 0 fully saturated rings. The van der Waals surface area contributed by atoms with Gasteiger partial charge in [-0.1, -0.05) is 12.1 Å². The molecule has 0 aliphatic rings. The van der Waals surface area contributed by atoms with E-state index in [0.29, 0.717) is 0 Å². The molecule has 3 aromatic rings. The van der Waals surface area contributed by atoms with E-state index in [-0.39, 0.29) is 11.6 Å². The minimum atomic E-state index is -0.780. The van der Waals surface area contributed by atoms with Crippen LogP contribution in [-0.4, -0.2) is 15.5 Å². The van der Waals surface area contributed by atoms with Gasteiger partial charge in [0.05, 0.1) is 12.4 Å². The standard InChI is InChI=1S/C18H15F2N3O/c1-12(22-18(24)14-8-15(19)10-16(20)9-14)13-2-4-17(5-3-13)23-7-6-21-11-23/h2-12H,1H3,(H,22,24). The van der Waals surface area contributed by atoms with Crippen molar-refractivity contribution in [2.45, 2.75) is 13.0 Å². The monoisotopic (exact) mass is 327 g/mol. The van der Waals surface area contributed by atoms with Gasteiger partial charge < -0.3 is 9.88 Å². The van der Waals surface area contributed by atoms with Crippen LogP contribution in [0, 0.1) is 11.6 Å². The highest BCUT2D eigenvalue weighted by Gasteiger charge is 2.13. The number of nitrogens with one attached hydrogen (secondary N) is 1. The summed E-state index contributed by atoms with van der Waals surface area (Å²) in [5.41, 5.74) is 1.78. The molecule has 1 heterocycles. The summed E-state index contributed by atoms with van der Waals surface area (Å²) < 4.78 is 28.3. The highest BCUT2D eigenvalue weighted by Crippen LogP contribution is 2.17. The molecule has 6 heteroatoms. The number of imidazole rings is 1. The summed E-state index contributed by atoms with van der Waals surface area (Å²) in [7, 11) is 0. The number of aromatic nitrogens is 2. The number of benzene rings is 2. The van der Waals surface area contributed by atoms with Gasteiger partial charge in [-0.25, -0.2) is 13.8 Å². The Kier molecular flexibility index (Phi) is 4.37. The van der Waals surface area contributed by atoms with E-state index in [1.807, 2.05) is 35.0 Å². The van der Waals surface area contributed by atoms with Crippen molar-refractivity contribution in [1.29, 1.82) is 0 Å². The molecule has 0 saturated carbocycles. The second kappa shape index (κ2) is 6.62. The number of rotatable bonds is 4. The van der Waals surface area contributed by atoms with Gasteiger partial charge in [0.15, 0.2) is 0 Å². The van der Waals surface area contributed by atoms with Crippen LogP contribution in [0.5, 0.6) is 0 Å². The van der Waals surface area contributed by atoms with E-state index in [1.165, 1.54) is 0 Å². The molecule has 1 atom stereocenters. The van der Waals surface area contributed by atoms with Crippen LogP contribution in [0.1, 0.15) is 28.9 Å². The van der Waals surface area contributed by atoms with E-state index >= 15 is 0 Å². The second-order valence-corrected chi connectivity index (χ2v) is 5.41. The summed E-state index contributed by atoms with van der Waals surface area (Å²) in [4.78, 5) is 16.1. The number of halogens is 2. The first-order valence-corrected chi connectivity index (χ1v) is 7.38. The molecule has 0 saturated heterocycles. The van der Waals surface area contributed by atoms with E-state index < -0.39 is 17.5 Å². The first-order valence-electron chi connectivity index (χ1n) is 7.38. The largest absolute Gasteiger partial charge is 0.346 e. The van der Waals surface area contributed by atoms with Gasteiger partial charge in [-0.15, -0.1) is 0 Å². The number of carbonyl (C=O) groups is 1. The molecule has 1 N–H and O–H groups in total.